The minimum absolute atomic E-state index is 0.960. The summed E-state index contributed by atoms with van der Waals surface area (Å²) < 4.78 is 2.19. The van der Waals surface area contributed by atoms with E-state index in [0.29, 0.717) is 0 Å². The third kappa shape index (κ3) is 1.54. The smallest absolute Gasteiger partial charge is 0.176 e. The van der Waals surface area contributed by atoms with Crippen molar-refractivity contribution in [2.45, 2.75) is 40.5 Å². The van der Waals surface area contributed by atoms with Crippen molar-refractivity contribution in [3.63, 3.8) is 0 Å². The Balaban J connectivity index is 2.51. The zero-order valence-corrected chi connectivity index (χ0v) is 11.9. The molecule has 0 radical (unpaired) electrons. The van der Waals surface area contributed by atoms with Gasteiger partial charge in [-0.2, -0.15) is 0 Å². The number of fused-ring (bicyclic) bond motifs is 3. The highest BCUT2D eigenvalue weighted by Crippen LogP contribution is 2.26. The Bertz CT molecular complexity index is 738. The van der Waals surface area contributed by atoms with E-state index < -0.39 is 0 Å². The van der Waals surface area contributed by atoms with Crippen LogP contribution in [0.3, 0.4) is 0 Å². The quantitative estimate of drug-likeness (QED) is 0.710. The fourth-order valence-electron chi connectivity index (χ4n) is 2.46. The highest BCUT2D eigenvalue weighted by molar-refractivity contribution is 7.18. The Labute approximate surface area is 110 Å². The van der Waals surface area contributed by atoms with Gasteiger partial charge in [0.2, 0.25) is 0 Å². The van der Waals surface area contributed by atoms with E-state index in [9.17, 15) is 0 Å². The molecule has 5 heteroatoms. The topological polar surface area (TPSA) is 43.1 Å². The summed E-state index contributed by atoms with van der Waals surface area (Å²) in [5, 5.41) is 1.05. The van der Waals surface area contributed by atoms with Gasteiger partial charge in [0, 0.05) is 6.42 Å². The maximum atomic E-state index is 4.69. The van der Waals surface area contributed by atoms with Gasteiger partial charge < -0.3 is 0 Å². The fraction of sp³-hybridized carbons (Fsp3) is 0.462. The zero-order valence-electron chi connectivity index (χ0n) is 11.1. The van der Waals surface area contributed by atoms with E-state index in [2.05, 4.69) is 26.3 Å². The van der Waals surface area contributed by atoms with Crippen LogP contribution in [-0.2, 0) is 6.42 Å². The molecule has 0 N–H and O–H groups in total. The molecule has 3 aromatic rings. The second kappa shape index (κ2) is 4.02. The van der Waals surface area contributed by atoms with E-state index in [4.69, 9.17) is 0 Å². The highest BCUT2D eigenvalue weighted by Gasteiger charge is 2.16. The molecule has 0 aliphatic heterocycles. The first-order chi connectivity index (χ1) is 8.61. The molecule has 3 rings (SSSR count). The molecular formula is C13H16N4S. The first-order valence-corrected chi connectivity index (χ1v) is 7.05. The number of imidazole rings is 1. The Morgan fingerprint density at radius 3 is 2.50 bits per heavy atom. The van der Waals surface area contributed by atoms with Crippen LogP contribution in [0, 0.1) is 20.8 Å². The molecule has 94 valence electrons. The van der Waals surface area contributed by atoms with Gasteiger partial charge in [0.05, 0.1) is 21.9 Å². The average Bonchev–Trinajstić information content (AvgIpc) is 2.80. The molecular weight excluding hydrogens is 244 g/mol. The minimum Gasteiger partial charge on any atom is -0.276 e. The van der Waals surface area contributed by atoms with Gasteiger partial charge in [0.25, 0.3) is 0 Å². The fourth-order valence-corrected chi connectivity index (χ4v) is 3.28. The highest BCUT2D eigenvalue weighted by atomic mass is 32.1. The Kier molecular flexibility index (Phi) is 2.59. The number of nitrogens with zero attached hydrogens (tertiary/aromatic N) is 4. The number of aromatic nitrogens is 4. The Morgan fingerprint density at radius 1 is 1.06 bits per heavy atom. The lowest BCUT2D eigenvalue weighted by Crippen LogP contribution is -1.99. The number of aryl methyl sites for hydroxylation is 4. The van der Waals surface area contributed by atoms with E-state index in [-0.39, 0.29) is 0 Å². The van der Waals surface area contributed by atoms with Crippen molar-refractivity contribution in [1.29, 1.82) is 0 Å². The van der Waals surface area contributed by atoms with Crippen LogP contribution in [0.15, 0.2) is 0 Å². The molecule has 0 aliphatic carbocycles. The molecule has 3 heterocycles. The van der Waals surface area contributed by atoms with Gasteiger partial charge in [-0.1, -0.05) is 18.3 Å². The van der Waals surface area contributed by atoms with Crippen LogP contribution >= 0.6 is 11.3 Å². The van der Waals surface area contributed by atoms with E-state index in [1.54, 1.807) is 11.3 Å². The summed E-state index contributed by atoms with van der Waals surface area (Å²) in [5.74, 6) is 1.10. The van der Waals surface area contributed by atoms with Crippen LogP contribution in [0.2, 0.25) is 0 Å². The molecule has 0 aliphatic rings. The van der Waals surface area contributed by atoms with Crippen LogP contribution in [0.1, 0.15) is 35.6 Å². The predicted molar refractivity (Wildman–Crippen MR) is 74.4 cm³/mol. The molecule has 0 atom stereocenters. The summed E-state index contributed by atoms with van der Waals surface area (Å²) in [6.45, 7) is 8.30. The van der Waals surface area contributed by atoms with E-state index in [1.165, 1.54) is 0 Å². The van der Waals surface area contributed by atoms with Crippen molar-refractivity contribution in [3.05, 3.63) is 22.2 Å². The van der Waals surface area contributed by atoms with Crippen LogP contribution in [0.25, 0.3) is 16.0 Å². The van der Waals surface area contributed by atoms with Gasteiger partial charge in [-0.3, -0.25) is 4.40 Å². The van der Waals surface area contributed by atoms with Crippen molar-refractivity contribution in [3.8, 4) is 0 Å². The molecule has 3 aromatic heterocycles. The first-order valence-electron chi connectivity index (χ1n) is 6.23. The zero-order chi connectivity index (χ0) is 12.9. The minimum atomic E-state index is 0.960. The molecule has 4 nitrogen and oxygen atoms in total. The summed E-state index contributed by atoms with van der Waals surface area (Å²) in [6, 6.07) is 0. The molecule has 0 amide bonds. The van der Waals surface area contributed by atoms with Crippen LogP contribution in [0.5, 0.6) is 0 Å². The maximum absolute atomic E-state index is 4.69. The standard InChI is InChI=1S/C13H16N4S/c1-5-6-10-14-7(2)11-8(3)15-13-12(17(10)11)16-9(4)18-13/h5-6H2,1-4H3. The lowest BCUT2D eigenvalue weighted by atomic mass is 10.3. The van der Waals surface area contributed by atoms with Gasteiger partial charge in [0.15, 0.2) is 10.5 Å². The molecule has 0 fully saturated rings. The summed E-state index contributed by atoms with van der Waals surface area (Å²) >= 11 is 1.65. The van der Waals surface area contributed by atoms with Gasteiger partial charge in [-0.05, 0) is 27.2 Å². The third-order valence-corrected chi connectivity index (χ3v) is 3.97. The SMILES string of the molecule is CCCc1nc(C)c2c(C)nc3sc(C)nc3n12. The number of thiazole rings is 1. The molecule has 18 heavy (non-hydrogen) atoms. The van der Waals surface area contributed by atoms with Crippen LogP contribution in [0.4, 0.5) is 0 Å². The van der Waals surface area contributed by atoms with Crippen molar-refractivity contribution in [2.75, 3.05) is 0 Å². The molecule has 0 bridgehead atoms. The van der Waals surface area contributed by atoms with Crippen molar-refractivity contribution < 1.29 is 0 Å². The largest absolute Gasteiger partial charge is 0.276 e. The Morgan fingerprint density at radius 2 is 1.78 bits per heavy atom. The summed E-state index contributed by atoms with van der Waals surface area (Å²) in [7, 11) is 0. The van der Waals surface area contributed by atoms with Crippen LogP contribution < -0.4 is 0 Å². The van der Waals surface area contributed by atoms with Crippen molar-refractivity contribution >= 4 is 27.3 Å². The van der Waals surface area contributed by atoms with E-state index >= 15 is 0 Å². The lowest BCUT2D eigenvalue weighted by Gasteiger charge is -2.03. The third-order valence-electron chi connectivity index (χ3n) is 3.12. The molecule has 0 saturated carbocycles. The molecule has 0 saturated heterocycles. The summed E-state index contributed by atoms with van der Waals surface area (Å²) in [5.41, 5.74) is 4.17. The normalized spacial score (nSPS) is 11.8. The monoisotopic (exact) mass is 260 g/mol. The second-order valence-corrected chi connectivity index (χ2v) is 5.79. The number of hydrogen-bond acceptors (Lipinski definition) is 4. The van der Waals surface area contributed by atoms with Gasteiger partial charge in [-0.15, -0.1) is 0 Å². The maximum Gasteiger partial charge on any atom is 0.176 e. The lowest BCUT2D eigenvalue weighted by molar-refractivity contribution is 0.833. The molecule has 0 spiro atoms. The van der Waals surface area contributed by atoms with E-state index in [1.807, 2.05) is 20.8 Å². The Hall–Kier alpha value is -1.49. The van der Waals surface area contributed by atoms with E-state index in [0.717, 1.165) is 51.1 Å². The van der Waals surface area contributed by atoms with Crippen LogP contribution in [-0.4, -0.2) is 19.4 Å². The summed E-state index contributed by atoms with van der Waals surface area (Å²) in [6.07, 6.45) is 2.06. The van der Waals surface area contributed by atoms with Crippen molar-refractivity contribution in [1.82, 2.24) is 19.4 Å². The number of hydrogen-bond donors (Lipinski definition) is 0. The first kappa shape index (κ1) is 11.6. The second-order valence-electron chi connectivity index (χ2n) is 4.61. The average molecular weight is 260 g/mol. The molecule has 0 unspecified atom stereocenters. The number of rotatable bonds is 2. The summed E-state index contributed by atoms with van der Waals surface area (Å²) in [4.78, 5) is 15.0. The predicted octanol–water partition coefficient (Wildman–Crippen LogP) is 3.22. The van der Waals surface area contributed by atoms with Gasteiger partial charge >= 0.3 is 0 Å². The van der Waals surface area contributed by atoms with Crippen molar-refractivity contribution in [2.24, 2.45) is 0 Å². The van der Waals surface area contributed by atoms with Gasteiger partial charge in [-0.25, -0.2) is 15.0 Å². The molecule has 0 aromatic carbocycles. The van der Waals surface area contributed by atoms with Gasteiger partial charge in [0.1, 0.15) is 5.82 Å².